The number of amides is 1. The molecule has 0 radical (unpaired) electrons. The number of hydrogen-bond acceptors (Lipinski definition) is 4. The number of para-hydroxylation sites is 1. The lowest BCUT2D eigenvalue weighted by Crippen LogP contribution is -2.26. The highest BCUT2D eigenvalue weighted by molar-refractivity contribution is 7.89. The molecule has 38 heavy (non-hydrogen) atoms. The van der Waals surface area contributed by atoms with Gasteiger partial charge in [0.15, 0.2) is 6.61 Å². The van der Waals surface area contributed by atoms with Gasteiger partial charge < -0.3 is 14.6 Å². The number of aryl methyl sites for hydroxylation is 1. The van der Waals surface area contributed by atoms with E-state index in [2.05, 4.69) is 33.7 Å². The van der Waals surface area contributed by atoms with E-state index in [1.165, 1.54) is 12.1 Å². The highest BCUT2D eigenvalue weighted by Crippen LogP contribution is 2.31. The van der Waals surface area contributed by atoms with Crippen LogP contribution in [0.4, 0.5) is 5.69 Å². The number of nitrogens with one attached hydrogen (secondary N) is 2. The fourth-order valence-corrected chi connectivity index (χ4v) is 5.88. The van der Waals surface area contributed by atoms with Crippen LogP contribution in [0.15, 0.2) is 102 Å². The zero-order valence-corrected chi connectivity index (χ0v) is 22.0. The van der Waals surface area contributed by atoms with Gasteiger partial charge in [0.1, 0.15) is 5.75 Å². The Morgan fingerprint density at radius 3 is 2.29 bits per heavy atom. The fourth-order valence-electron chi connectivity index (χ4n) is 4.64. The van der Waals surface area contributed by atoms with Gasteiger partial charge >= 0.3 is 0 Å². The number of fused-ring (bicyclic) bond motifs is 3. The molecule has 7 nitrogen and oxygen atoms in total. The molecule has 0 bridgehead atoms. The van der Waals surface area contributed by atoms with Gasteiger partial charge in [0.05, 0.1) is 4.90 Å². The van der Waals surface area contributed by atoms with Crippen molar-refractivity contribution >= 4 is 43.4 Å². The van der Waals surface area contributed by atoms with Crippen LogP contribution in [0.1, 0.15) is 25.5 Å². The smallest absolute Gasteiger partial charge is 0.262 e. The predicted molar refractivity (Wildman–Crippen MR) is 151 cm³/mol. The lowest BCUT2D eigenvalue weighted by atomic mass is 10.1. The Kier molecular flexibility index (Phi) is 7.18. The Labute approximate surface area is 222 Å². The van der Waals surface area contributed by atoms with Crippen molar-refractivity contribution in [3.8, 4) is 5.75 Å². The molecule has 0 aliphatic carbocycles. The second-order valence-electron chi connectivity index (χ2n) is 9.06. The number of anilines is 1. The molecule has 0 spiro atoms. The minimum absolute atomic E-state index is 0.122. The Bertz CT molecular complexity index is 1690. The number of nitrogens with zero attached hydrogens (tertiary/aromatic N) is 1. The van der Waals surface area contributed by atoms with E-state index in [-0.39, 0.29) is 23.5 Å². The molecule has 0 unspecified atom stereocenters. The van der Waals surface area contributed by atoms with Gasteiger partial charge in [-0.2, -0.15) is 0 Å². The molecule has 0 aliphatic rings. The predicted octanol–water partition coefficient (Wildman–Crippen LogP) is 5.87. The number of sulfonamides is 1. The molecular formula is C30H29N3O4S. The minimum Gasteiger partial charge on any atom is -0.484 e. The van der Waals surface area contributed by atoms with Crippen LogP contribution < -0.4 is 14.8 Å². The van der Waals surface area contributed by atoms with E-state index in [0.29, 0.717) is 11.4 Å². The lowest BCUT2D eigenvalue weighted by Gasteiger charge is -2.15. The SMILES string of the molecule is CCn1c2ccccc2c2cc(NC(=O)COc3ccc(S(=O)(=O)N[C@H](C)c4ccccc4)cc3)ccc21. The molecule has 4 aromatic carbocycles. The van der Waals surface area contributed by atoms with Crippen molar-refractivity contribution in [2.45, 2.75) is 31.3 Å². The molecule has 0 aliphatic heterocycles. The highest BCUT2D eigenvalue weighted by atomic mass is 32.2. The lowest BCUT2D eigenvalue weighted by molar-refractivity contribution is -0.118. The van der Waals surface area contributed by atoms with Gasteiger partial charge in [-0.05, 0) is 67.9 Å². The van der Waals surface area contributed by atoms with Crippen molar-refractivity contribution in [1.29, 1.82) is 0 Å². The Hall–Kier alpha value is -4.14. The van der Waals surface area contributed by atoms with Crippen molar-refractivity contribution in [1.82, 2.24) is 9.29 Å². The third-order valence-corrected chi connectivity index (χ3v) is 8.06. The second-order valence-corrected chi connectivity index (χ2v) is 10.8. The third-order valence-electron chi connectivity index (χ3n) is 6.51. The standard InChI is InChI=1S/C30H29N3O4S/c1-3-33-28-12-8-7-11-26(28)27-19-23(13-18-29(27)33)31-30(34)20-37-24-14-16-25(17-15-24)38(35,36)32-21(2)22-9-5-4-6-10-22/h4-19,21,32H,3,20H2,1-2H3,(H,31,34)/t21-/m1/s1. The van der Waals surface area contributed by atoms with E-state index >= 15 is 0 Å². The first-order valence-corrected chi connectivity index (χ1v) is 13.9. The van der Waals surface area contributed by atoms with Gasteiger partial charge in [-0.25, -0.2) is 13.1 Å². The molecule has 1 atom stereocenters. The summed E-state index contributed by atoms with van der Waals surface area (Å²) in [6.07, 6.45) is 0. The van der Waals surface area contributed by atoms with Crippen LogP contribution in [0.25, 0.3) is 21.8 Å². The summed E-state index contributed by atoms with van der Waals surface area (Å²) >= 11 is 0. The topological polar surface area (TPSA) is 89.4 Å². The number of carbonyl (C=O) groups excluding carboxylic acids is 1. The van der Waals surface area contributed by atoms with E-state index < -0.39 is 10.0 Å². The second kappa shape index (κ2) is 10.7. The van der Waals surface area contributed by atoms with Gasteiger partial charge in [0, 0.05) is 40.1 Å². The first kappa shape index (κ1) is 25.5. The van der Waals surface area contributed by atoms with Crippen LogP contribution in [0.2, 0.25) is 0 Å². The summed E-state index contributed by atoms with van der Waals surface area (Å²) in [5.74, 6) is 0.0929. The number of rotatable bonds is 9. The Morgan fingerprint density at radius 2 is 1.55 bits per heavy atom. The van der Waals surface area contributed by atoms with E-state index in [1.807, 2.05) is 60.7 Å². The van der Waals surface area contributed by atoms with Crippen LogP contribution in [0, 0.1) is 0 Å². The summed E-state index contributed by atoms with van der Waals surface area (Å²) in [4.78, 5) is 12.7. The van der Waals surface area contributed by atoms with Gasteiger partial charge in [0.2, 0.25) is 10.0 Å². The molecule has 1 heterocycles. The average Bonchev–Trinajstić information content (AvgIpc) is 3.25. The zero-order chi connectivity index (χ0) is 26.7. The molecule has 0 saturated heterocycles. The quantitative estimate of drug-likeness (QED) is 0.251. The molecular weight excluding hydrogens is 498 g/mol. The van der Waals surface area contributed by atoms with Crippen molar-refractivity contribution in [3.05, 3.63) is 103 Å². The maximum Gasteiger partial charge on any atom is 0.262 e. The van der Waals surface area contributed by atoms with Crippen molar-refractivity contribution in [2.75, 3.05) is 11.9 Å². The summed E-state index contributed by atoms with van der Waals surface area (Å²) < 4.78 is 36.1. The van der Waals surface area contributed by atoms with Crippen LogP contribution >= 0.6 is 0 Å². The van der Waals surface area contributed by atoms with Gasteiger partial charge in [-0.3, -0.25) is 4.79 Å². The summed E-state index contributed by atoms with van der Waals surface area (Å²) in [5.41, 5.74) is 3.83. The molecule has 1 aromatic heterocycles. The van der Waals surface area contributed by atoms with E-state index in [1.54, 1.807) is 19.1 Å². The normalized spacial score (nSPS) is 12.5. The molecule has 8 heteroatoms. The maximum atomic E-state index is 12.8. The highest BCUT2D eigenvalue weighted by Gasteiger charge is 2.18. The van der Waals surface area contributed by atoms with Crippen molar-refractivity contribution in [2.24, 2.45) is 0 Å². The average molecular weight is 528 g/mol. The molecule has 2 N–H and O–H groups in total. The monoisotopic (exact) mass is 527 g/mol. The molecule has 194 valence electrons. The number of ether oxygens (including phenoxy) is 1. The summed E-state index contributed by atoms with van der Waals surface area (Å²) in [5, 5.41) is 5.11. The third kappa shape index (κ3) is 5.27. The van der Waals surface area contributed by atoms with Crippen LogP contribution in [-0.2, 0) is 21.4 Å². The molecule has 5 rings (SSSR count). The number of carbonyl (C=O) groups is 1. The first-order valence-electron chi connectivity index (χ1n) is 12.5. The molecule has 0 fully saturated rings. The number of hydrogen-bond donors (Lipinski definition) is 2. The first-order chi connectivity index (χ1) is 18.4. The van der Waals surface area contributed by atoms with Crippen LogP contribution in [-0.4, -0.2) is 25.5 Å². The van der Waals surface area contributed by atoms with Gasteiger partial charge in [-0.1, -0.05) is 48.5 Å². The minimum atomic E-state index is -3.72. The number of benzene rings is 4. The summed E-state index contributed by atoms with van der Waals surface area (Å²) in [6.45, 7) is 4.56. The van der Waals surface area contributed by atoms with E-state index in [4.69, 9.17) is 4.74 Å². The summed E-state index contributed by atoms with van der Waals surface area (Å²) in [7, 11) is -3.72. The maximum absolute atomic E-state index is 12.8. The van der Waals surface area contributed by atoms with E-state index in [0.717, 1.165) is 33.9 Å². The zero-order valence-electron chi connectivity index (χ0n) is 21.2. The largest absolute Gasteiger partial charge is 0.484 e. The summed E-state index contributed by atoms with van der Waals surface area (Å²) in [6, 6.07) is 29.1. The molecule has 0 saturated carbocycles. The fraction of sp³-hybridized carbons (Fsp3) is 0.167. The van der Waals surface area contributed by atoms with Crippen LogP contribution in [0.5, 0.6) is 5.75 Å². The van der Waals surface area contributed by atoms with Gasteiger partial charge in [-0.15, -0.1) is 0 Å². The molecule has 1 amide bonds. The Morgan fingerprint density at radius 1 is 0.868 bits per heavy atom. The van der Waals surface area contributed by atoms with Crippen molar-refractivity contribution < 1.29 is 17.9 Å². The van der Waals surface area contributed by atoms with E-state index in [9.17, 15) is 13.2 Å². The van der Waals surface area contributed by atoms with Gasteiger partial charge in [0.25, 0.3) is 5.91 Å². The van der Waals surface area contributed by atoms with Crippen molar-refractivity contribution in [3.63, 3.8) is 0 Å². The molecule has 5 aromatic rings. The Balaban J connectivity index is 1.21. The van der Waals surface area contributed by atoms with Crippen LogP contribution in [0.3, 0.4) is 0 Å². The number of aromatic nitrogens is 1.